The molecule has 1 amide bonds. The van der Waals surface area contributed by atoms with Crippen molar-refractivity contribution in [1.82, 2.24) is 0 Å². The second-order valence-electron chi connectivity index (χ2n) is 6.77. The zero-order valence-corrected chi connectivity index (χ0v) is 17.6. The highest BCUT2D eigenvalue weighted by atomic mass is 16.5. The van der Waals surface area contributed by atoms with Crippen LogP contribution >= 0.6 is 0 Å². The smallest absolute Gasteiger partial charge is 0.340 e. The second-order valence-corrected chi connectivity index (χ2v) is 6.77. The van der Waals surface area contributed by atoms with Gasteiger partial charge in [0.15, 0.2) is 0 Å². The summed E-state index contributed by atoms with van der Waals surface area (Å²) in [5, 5.41) is 15.2. The molecule has 0 atom stereocenters. The minimum absolute atomic E-state index is 0.102. The minimum Gasteiger partial charge on any atom is -0.462 e. The lowest BCUT2D eigenvalue weighted by Gasteiger charge is -2.13. The van der Waals surface area contributed by atoms with Crippen molar-refractivity contribution >= 4 is 23.3 Å². The van der Waals surface area contributed by atoms with Crippen molar-refractivity contribution in [3.8, 4) is 6.07 Å². The molecule has 0 fully saturated rings. The topological polar surface area (TPSA) is 91.2 Å². The Morgan fingerprint density at radius 1 is 1.13 bits per heavy atom. The highest BCUT2D eigenvalue weighted by molar-refractivity contribution is 6.07. The van der Waals surface area contributed by atoms with E-state index in [1.165, 1.54) is 6.20 Å². The van der Waals surface area contributed by atoms with Crippen molar-refractivity contribution in [3.05, 3.63) is 70.9 Å². The third-order valence-corrected chi connectivity index (χ3v) is 4.59. The van der Waals surface area contributed by atoms with Crippen LogP contribution in [0.15, 0.2) is 54.2 Å². The van der Waals surface area contributed by atoms with Crippen LogP contribution in [0.2, 0.25) is 0 Å². The van der Waals surface area contributed by atoms with E-state index >= 15 is 0 Å². The molecule has 30 heavy (non-hydrogen) atoms. The molecule has 0 aliphatic heterocycles. The molecule has 6 heteroatoms. The minimum atomic E-state index is -0.517. The molecule has 0 aliphatic rings. The van der Waals surface area contributed by atoms with E-state index in [9.17, 15) is 14.9 Å². The Kier molecular flexibility index (Phi) is 8.64. The van der Waals surface area contributed by atoms with Crippen LogP contribution in [-0.4, -0.2) is 18.5 Å². The number of ether oxygens (including phenoxy) is 1. The number of aryl methyl sites for hydroxylation is 2. The van der Waals surface area contributed by atoms with Crippen LogP contribution in [0, 0.1) is 18.3 Å². The van der Waals surface area contributed by atoms with Gasteiger partial charge in [0.25, 0.3) is 5.91 Å². The highest BCUT2D eigenvalue weighted by Crippen LogP contribution is 2.22. The highest BCUT2D eigenvalue weighted by Gasteiger charge is 2.15. The van der Waals surface area contributed by atoms with E-state index in [4.69, 9.17) is 4.74 Å². The largest absolute Gasteiger partial charge is 0.462 e. The van der Waals surface area contributed by atoms with E-state index in [2.05, 4.69) is 10.6 Å². The molecule has 0 radical (unpaired) electrons. The quantitative estimate of drug-likeness (QED) is 0.266. The maximum Gasteiger partial charge on any atom is 0.340 e. The zero-order chi connectivity index (χ0) is 21.9. The van der Waals surface area contributed by atoms with E-state index in [-0.39, 0.29) is 5.57 Å². The van der Waals surface area contributed by atoms with Crippen molar-refractivity contribution in [1.29, 1.82) is 5.26 Å². The summed E-state index contributed by atoms with van der Waals surface area (Å²) < 4.78 is 5.26. The summed E-state index contributed by atoms with van der Waals surface area (Å²) in [4.78, 5) is 25.0. The van der Waals surface area contributed by atoms with Gasteiger partial charge in [-0.15, -0.1) is 0 Å². The fourth-order valence-electron chi connectivity index (χ4n) is 2.86. The summed E-state index contributed by atoms with van der Waals surface area (Å²) in [5.41, 5.74) is 3.34. The normalized spacial score (nSPS) is 10.8. The lowest BCUT2D eigenvalue weighted by Crippen LogP contribution is -2.17. The van der Waals surface area contributed by atoms with Gasteiger partial charge < -0.3 is 15.4 Å². The van der Waals surface area contributed by atoms with E-state index in [1.807, 2.05) is 45.0 Å². The molecular weight excluding hydrogens is 378 g/mol. The van der Waals surface area contributed by atoms with Crippen molar-refractivity contribution in [2.75, 3.05) is 17.2 Å². The number of hydrogen-bond donors (Lipinski definition) is 2. The monoisotopic (exact) mass is 405 g/mol. The number of carbonyl (C=O) groups excluding carboxylic acids is 2. The van der Waals surface area contributed by atoms with Crippen LogP contribution in [-0.2, 0) is 16.0 Å². The van der Waals surface area contributed by atoms with Crippen LogP contribution < -0.4 is 10.6 Å². The summed E-state index contributed by atoms with van der Waals surface area (Å²) in [6.07, 6.45) is 3.78. The maximum atomic E-state index is 12.6. The molecule has 0 aliphatic carbocycles. The molecule has 2 aromatic rings. The Bertz CT molecular complexity index is 974. The number of esters is 1. The second kappa shape index (κ2) is 11.4. The lowest BCUT2D eigenvalue weighted by molar-refractivity contribution is -0.112. The third kappa shape index (κ3) is 5.95. The van der Waals surface area contributed by atoms with Gasteiger partial charge in [-0.25, -0.2) is 4.79 Å². The van der Waals surface area contributed by atoms with Crippen molar-refractivity contribution in [3.63, 3.8) is 0 Å². The van der Waals surface area contributed by atoms with Gasteiger partial charge in [0, 0.05) is 11.9 Å². The number of nitrogens with zero attached hydrogens (tertiary/aromatic N) is 1. The molecular formula is C24H27N3O3. The standard InChI is InChI=1S/C24H27N3O3/c1-4-6-14-30-24(29)20-12-7-8-13-21(20)26-16-19(15-25)23(28)27-22-17(3)10-9-11-18(22)5-2/h7-13,16,26H,4-6,14H2,1-3H3,(H,27,28)/b19-16-. The van der Waals surface area contributed by atoms with Gasteiger partial charge in [0.2, 0.25) is 0 Å². The maximum absolute atomic E-state index is 12.6. The summed E-state index contributed by atoms with van der Waals surface area (Å²) >= 11 is 0. The molecule has 0 aromatic heterocycles. The molecule has 156 valence electrons. The van der Waals surface area contributed by atoms with Gasteiger partial charge in [0.05, 0.1) is 17.9 Å². The first-order valence-corrected chi connectivity index (χ1v) is 10.0. The molecule has 0 heterocycles. The Balaban J connectivity index is 2.18. The first-order chi connectivity index (χ1) is 14.5. The van der Waals surface area contributed by atoms with Gasteiger partial charge in [0.1, 0.15) is 11.6 Å². The summed E-state index contributed by atoms with van der Waals surface area (Å²) in [6.45, 7) is 6.28. The molecule has 2 aromatic carbocycles. The third-order valence-electron chi connectivity index (χ3n) is 4.59. The zero-order valence-electron chi connectivity index (χ0n) is 17.6. The molecule has 2 N–H and O–H groups in total. The van der Waals surface area contributed by atoms with Gasteiger partial charge in [-0.2, -0.15) is 5.26 Å². The number of hydrogen-bond acceptors (Lipinski definition) is 5. The Morgan fingerprint density at radius 2 is 1.90 bits per heavy atom. The first-order valence-electron chi connectivity index (χ1n) is 10.0. The summed E-state index contributed by atoms with van der Waals surface area (Å²) in [6, 6.07) is 14.5. The average molecular weight is 405 g/mol. The van der Waals surface area contributed by atoms with E-state index in [0.29, 0.717) is 23.5 Å². The Labute approximate surface area is 177 Å². The van der Waals surface area contributed by atoms with Gasteiger partial charge >= 0.3 is 5.97 Å². The number of carbonyl (C=O) groups is 2. The summed E-state index contributed by atoms with van der Waals surface area (Å²) in [7, 11) is 0. The van der Waals surface area contributed by atoms with Crippen LogP contribution in [0.4, 0.5) is 11.4 Å². The Morgan fingerprint density at radius 3 is 2.60 bits per heavy atom. The molecule has 6 nitrogen and oxygen atoms in total. The SMILES string of the molecule is CCCCOC(=O)c1ccccc1N/C=C(/C#N)C(=O)Nc1c(C)cccc1CC. The predicted molar refractivity (Wildman–Crippen MR) is 118 cm³/mol. The van der Waals surface area contributed by atoms with Crippen molar-refractivity contribution in [2.24, 2.45) is 0 Å². The first kappa shape index (κ1) is 22.7. The van der Waals surface area contributed by atoms with Crippen LogP contribution in [0.3, 0.4) is 0 Å². The number of para-hydroxylation sites is 2. The summed E-state index contributed by atoms with van der Waals surface area (Å²) in [5.74, 6) is -0.965. The molecule has 0 saturated heterocycles. The van der Waals surface area contributed by atoms with Crippen LogP contribution in [0.1, 0.15) is 48.2 Å². The number of benzene rings is 2. The van der Waals surface area contributed by atoms with Crippen LogP contribution in [0.25, 0.3) is 0 Å². The molecule has 0 spiro atoms. The predicted octanol–water partition coefficient (Wildman–Crippen LogP) is 4.97. The number of nitriles is 1. The van der Waals surface area contributed by atoms with E-state index in [1.54, 1.807) is 24.3 Å². The average Bonchev–Trinajstić information content (AvgIpc) is 2.76. The fourth-order valence-corrected chi connectivity index (χ4v) is 2.86. The lowest BCUT2D eigenvalue weighted by atomic mass is 10.1. The number of amides is 1. The number of unbranched alkanes of at least 4 members (excludes halogenated alkanes) is 1. The number of rotatable bonds is 9. The van der Waals surface area contributed by atoms with Gasteiger partial charge in [-0.05, 0) is 43.0 Å². The fraction of sp³-hybridized carbons (Fsp3) is 0.292. The molecule has 0 bridgehead atoms. The van der Waals surface area contributed by atoms with Gasteiger partial charge in [-0.3, -0.25) is 4.79 Å². The van der Waals surface area contributed by atoms with Crippen molar-refractivity contribution < 1.29 is 14.3 Å². The molecule has 2 rings (SSSR count). The van der Waals surface area contributed by atoms with Crippen molar-refractivity contribution in [2.45, 2.75) is 40.0 Å². The van der Waals surface area contributed by atoms with E-state index < -0.39 is 11.9 Å². The molecule has 0 saturated carbocycles. The molecule has 0 unspecified atom stereocenters. The Hall–Kier alpha value is -3.59. The van der Waals surface area contributed by atoms with E-state index in [0.717, 1.165) is 30.4 Å². The number of nitrogens with one attached hydrogen (secondary N) is 2. The van der Waals surface area contributed by atoms with Crippen LogP contribution in [0.5, 0.6) is 0 Å². The van der Waals surface area contributed by atoms with Gasteiger partial charge in [-0.1, -0.05) is 50.6 Å². The number of anilines is 2.